The zero-order valence-electron chi connectivity index (χ0n) is 11.9. The van der Waals surface area contributed by atoms with E-state index in [1.165, 1.54) is 12.1 Å². The Morgan fingerprint density at radius 3 is 2.57 bits per heavy atom. The van der Waals surface area contributed by atoms with Crippen molar-refractivity contribution in [2.24, 2.45) is 0 Å². The molecular weight excluding hydrogens is 281 g/mol. The van der Waals surface area contributed by atoms with Gasteiger partial charge in [0.1, 0.15) is 0 Å². The van der Waals surface area contributed by atoms with Gasteiger partial charge in [-0.05, 0) is 43.7 Å². The molecule has 0 aliphatic carbocycles. The van der Waals surface area contributed by atoms with Crippen LogP contribution in [0.25, 0.3) is 0 Å². The number of nitrogens with one attached hydrogen (secondary N) is 1. The minimum atomic E-state index is -4.37. The number of nitrogens with zero attached hydrogens (tertiary/aromatic N) is 1. The van der Waals surface area contributed by atoms with Crippen LogP contribution in [0, 0.1) is 0 Å². The molecule has 0 saturated carbocycles. The molecule has 3 nitrogen and oxygen atoms in total. The highest BCUT2D eigenvalue weighted by Crippen LogP contribution is 2.29. The lowest BCUT2D eigenvalue weighted by Gasteiger charge is -2.33. The average Bonchev–Trinajstić information content (AvgIpc) is 2.46. The van der Waals surface area contributed by atoms with Gasteiger partial charge in [-0.3, -0.25) is 4.79 Å². The van der Waals surface area contributed by atoms with Crippen molar-refractivity contribution in [3.63, 3.8) is 0 Å². The predicted molar refractivity (Wildman–Crippen MR) is 74.0 cm³/mol. The Morgan fingerprint density at radius 2 is 2.00 bits per heavy atom. The van der Waals surface area contributed by atoms with Gasteiger partial charge < -0.3 is 10.2 Å². The summed E-state index contributed by atoms with van der Waals surface area (Å²) in [5.74, 6) is -0.202. The molecule has 0 spiro atoms. The first-order valence-electron chi connectivity index (χ1n) is 7.11. The molecule has 1 amide bonds. The number of benzene rings is 1. The van der Waals surface area contributed by atoms with Gasteiger partial charge in [-0.2, -0.15) is 13.2 Å². The normalized spacial score (nSPS) is 19.6. The Bertz CT molecular complexity index is 483. The molecule has 1 aromatic rings. The van der Waals surface area contributed by atoms with Crippen LogP contribution < -0.4 is 5.32 Å². The highest BCUT2D eigenvalue weighted by Gasteiger charge is 2.30. The Morgan fingerprint density at radius 1 is 1.33 bits per heavy atom. The summed E-state index contributed by atoms with van der Waals surface area (Å²) < 4.78 is 37.5. The van der Waals surface area contributed by atoms with Gasteiger partial charge in [0.05, 0.1) is 5.56 Å². The van der Waals surface area contributed by atoms with Crippen LogP contribution in [0.15, 0.2) is 24.3 Å². The van der Waals surface area contributed by atoms with E-state index >= 15 is 0 Å². The molecule has 6 heteroatoms. The third-order valence-electron chi connectivity index (χ3n) is 3.66. The molecule has 1 saturated heterocycles. The van der Waals surface area contributed by atoms with Crippen molar-refractivity contribution in [3.8, 4) is 0 Å². The smallest absolute Gasteiger partial charge is 0.337 e. The number of carbonyl (C=O) groups is 1. The molecular formula is C15H19F3N2O. The maximum atomic E-state index is 12.5. The molecule has 116 valence electrons. The van der Waals surface area contributed by atoms with Crippen LogP contribution in [0.5, 0.6) is 0 Å². The largest absolute Gasteiger partial charge is 0.416 e. The van der Waals surface area contributed by atoms with Gasteiger partial charge >= 0.3 is 6.18 Å². The Hall–Kier alpha value is -1.56. The van der Waals surface area contributed by atoms with Gasteiger partial charge in [0, 0.05) is 24.7 Å². The molecule has 0 radical (unpaired) electrons. The number of halogens is 3. The van der Waals surface area contributed by atoms with Crippen molar-refractivity contribution in [2.75, 3.05) is 19.6 Å². The Balaban J connectivity index is 2.05. The first-order valence-corrected chi connectivity index (χ1v) is 7.11. The van der Waals surface area contributed by atoms with E-state index in [0.717, 1.165) is 31.5 Å². The van der Waals surface area contributed by atoms with Crippen LogP contribution >= 0.6 is 0 Å². The van der Waals surface area contributed by atoms with Crippen LogP contribution in [0.2, 0.25) is 0 Å². The molecule has 1 aromatic carbocycles. The zero-order valence-corrected chi connectivity index (χ0v) is 11.9. The topological polar surface area (TPSA) is 32.3 Å². The number of hydrogen-bond acceptors (Lipinski definition) is 2. The standard InChI is InChI=1S/C15H19F3N2O/c1-2-19-13-4-3-9-20(10-13)14(21)11-5-7-12(8-6-11)15(16,17)18/h5-8,13,19H,2-4,9-10H2,1H3. The number of hydrogen-bond donors (Lipinski definition) is 1. The minimum absolute atomic E-state index is 0.202. The van der Waals surface area contributed by atoms with Gasteiger partial charge in [0.15, 0.2) is 0 Å². The van der Waals surface area contributed by atoms with E-state index in [1.807, 2.05) is 6.92 Å². The van der Waals surface area contributed by atoms with Crippen molar-refractivity contribution in [1.82, 2.24) is 10.2 Å². The molecule has 0 bridgehead atoms. The number of amides is 1. The number of alkyl halides is 3. The van der Waals surface area contributed by atoms with Gasteiger partial charge in [-0.25, -0.2) is 0 Å². The van der Waals surface area contributed by atoms with Crippen molar-refractivity contribution in [1.29, 1.82) is 0 Å². The van der Waals surface area contributed by atoms with Gasteiger partial charge in [-0.15, -0.1) is 0 Å². The van der Waals surface area contributed by atoms with Gasteiger partial charge in [0.25, 0.3) is 5.91 Å². The fraction of sp³-hybridized carbons (Fsp3) is 0.533. The first kappa shape index (κ1) is 15.8. The lowest BCUT2D eigenvalue weighted by Crippen LogP contribution is -2.47. The third kappa shape index (κ3) is 3.97. The fourth-order valence-corrected chi connectivity index (χ4v) is 2.60. The summed E-state index contributed by atoms with van der Waals surface area (Å²) in [6, 6.07) is 4.68. The zero-order chi connectivity index (χ0) is 15.5. The summed E-state index contributed by atoms with van der Waals surface area (Å²) in [4.78, 5) is 14.0. The second-order valence-corrected chi connectivity index (χ2v) is 5.22. The van der Waals surface area contributed by atoms with Crippen LogP contribution in [0.1, 0.15) is 35.7 Å². The molecule has 1 atom stereocenters. The van der Waals surface area contributed by atoms with E-state index < -0.39 is 11.7 Å². The molecule has 1 fully saturated rings. The van der Waals surface area contributed by atoms with E-state index in [0.29, 0.717) is 18.7 Å². The summed E-state index contributed by atoms with van der Waals surface area (Å²) in [5, 5.41) is 3.31. The number of likely N-dealkylation sites (N-methyl/N-ethyl adjacent to an activating group) is 1. The number of likely N-dealkylation sites (tertiary alicyclic amines) is 1. The van der Waals surface area contributed by atoms with E-state index in [2.05, 4.69) is 5.32 Å². The molecule has 1 heterocycles. The van der Waals surface area contributed by atoms with E-state index in [9.17, 15) is 18.0 Å². The lowest BCUT2D eigenvalue weighted by molar-refractivity contribution is -0.137. The molecule has 1 unspecified atom stereocenters. The predicted octanol–water partition coefficient (Wildman–Crippen LogP) is 2.92. The summed E-state index contributed by atoms with van der Waals surface area (Å²) in [7, 11) is 0. The van der Waals surface area contributed by atoms with Crippen molar-refractivity contribution in [3.05, 3.63) is 35.4 Å². The highest BCUT2D eigenvalue weighted by atomic mass is 19.4. The monoisotopic (exact) mass is 300 g/mol. The first-order chi connectivity index (χ1) is 9.91. The summed E-state index contributed by atoms with van der Waals surface area (Å²) >= 11 is 0. The highest BCUT2D eigenvalue weighted by molar-refractivity contribution is 5.94. The molecule has 1 aliphatic heterocycles. The van der Waals surface area contributed by atoms with Crippen LogP contribution in [-0.2, 0) is 6.18 Å². The average molecular weight is 300 g/mol. The second-order valence-electron chi connectivity index (χ2n) is 5.22. The van der Waals surface area contributed by atoms with Crippen molar-refractivity contribution in [2.45, 2.75) is 32.0 Å². The summed E-state index contributed by atoms with van der Waals surface area (Å²) in [6.07, 6.45) is -2.45. The summed E-state index contributed by atoms with van der Waals surface area (Å²) in [6.45, 7) is 4.11. The maximum Gasteiger partial charge on any atom is 0.416 e. The quantitative estimate of drug-likeness (QED) is 0.931. The molecule has 1 aliphatic rings. The Labute approximate surface area is 122 Å². The SMILES string of the molecule is CCNC1CCCN(C(=O)c2ccc(C(F)(F)F)cc2)C1. The number of piperidine rings is 1. The van der Waals surface area contributed by atoms with Crippen molar-refractivity contribution >= 4 is 5.91 Å². The van der Waals surface area contributed by atoms with Gasteiger partial charge in [0.2, 0.25) is 0 Å². The summed E-state index contributed by atoms with van der Waals surface area (Å²) in [5.41, 5.74) is -0.427. The third-order valence-corrected chi connectivity index (χ3v) is 3.66. The van der Waals surface area contributed by atoms with Crippen LogP contribution in [0.3, 0.4) is 0 Å². The molecule has 2 rings (SSSR count). The minimum Gasteiger partial charge on any atom is -0.337 e. The van der Waals surface area contributed by atoms with Crippen LogP contribution in [0.4, 0.5) is 13.2 Å². The van der Waals surface area contributed by atoms with Crippen LogP contribution in [-0.4, -0.2) is 36.5 Å². The maximum absolute atomic E-state index is 12.5. The lowest BCUT2D eigenvalue weighted by atomic mass is 10.0. The van der Waals surface area contributed by atoms with E-state index in [-0.39, 0.29) is 11.9 Å². The number of rotatable bonds is 3. The fourth-order valence-electron chi connectivity index (χ4n) is 2.60. The number of carbonyl (C=O) groups excluding carboxylic acids is 1. The van der Waals surface area contributed by atoms with E-state index in [4.69, 9.17) is 0 Å². The molecule has 1 N–H and O–H groups in total. The van der Waals surface area contributed by atoms with Crippen molar-refractivity contribution < 1.29 is 18.0 Å². The second kappa shape index (κ2) is 6.47. The molecule has 0 aromatic heterocycles. The Kier molecular flexibility index (Phi) is 4.88. The molecule has 21 heavy (non-hydrogen) atoms. The van der Waals surface area contributed by atoms with Gasteiger partial charge in [-0.1, -0.05) is 6.92 Å². The van der Waals surface area contributed by atoms with E-state index in [1.54, 1.807) is 4.90 Å².